The molecule has 3 aromatic carbocycles. The molecule has 224 valence electrons. The molecule has 2 fully saturated rings. The molecule has 3 aromatic rings. The summed E-state index contributed by atoms with van der Waals surface area (Å²) in [5, 5.41) is -0.0249. The van der Waals surface area contributed by atoms with Crippen LogP contribution in [0, 0.1) is 6.92 Å². The molecule has 42 heavy (non-hydrogen) atoms. The van der Waals surface area contributed by atoms with Gasteiger partial charge in [0, 0.05) is 25.2 Å². The Balaban J connectivity index is 1.55. The van der Waals surface area contributed by atoms with Gasteiger partial charge in [0.1, 0.15) is 0 Å². The molecule has 5 atom stereocenters. The predicted octanol–water partition coefficient (Wildman–Crippen LogP) is 6.73. The molecule has 2 aliphatic rings. The maximum absolute atomic E-state index is 14.5. The molecule has 0 aromatic heterocycles. The minimum absolute atomic E-state index is 0.0223. The molecular weight excluding hydrogens is 561 g/mol. The van der Waals surface area contributed by atoms with Crippen LogP contribution in [0.25, 0.3) is 0 Å². The molecule has 0 N–H and O–H groups in total. The molecule has 2 saturated heterocycles. The van der Waals surface area contributed by atoms with E-state index in [0.717, 1.165) is 16.7 Å². The minimum Gasteiger partial charge on any atom is -0.412 e. The van der Waals surface area contributed by atoms with Crippen molar-refractivity contribution in [3.8, 4) is 0 Å². The number of amides is 1. The van der Waals surface area contributed by atoms with Gasteiger partial charge >= 0.3 is 0 Å². The predicted molar refractivity (Wildman–Crippen MR) is 170 cm³/mol. The minimum atomic E-state index is -3.73. The number of carbonyl (C=O) groups excluding carboxylic acids is 1. The van der Waals surface area contributed by atoms with Crippen molar-refractivity contribution in [3.05, 3.63) is 102 Å². The van der Waals surface area contributed by atoms with Gasteiger partial charge in [-0.05, 0) is 61.2 Å². The van der Waals surface area contributed by atoms with Gasteiger partial charge in [-0.25, -0.2) is 8.42 Å². The first-order valence-corrected chi connectivity index (χ1v) is 19.3. The van der Waals surface area contributed by atoms with E-state index in [9.17, 15) is 13.2 Å². The Morgan fingerprint density at radius 1 is 0.857 bits per heavy atom. The Morgan fingerprint density at radius 2 is 1.43 bits per heavy atom. The quantitative estimate of drug-likeness (QED) is 0.222. The zero-order chi connectivity index (χ0) is 30.3. The number of fused-ring (bicyclic) bond motifs is 1. The van der Waals surface area contributed by atoms with Crippen LogP contribution >= 0.6 is 0 Å². The molecule has 1 amide bonds. The molecule has 0 aliphatic carbocycles. The fraction of sp³-hybridized carbons (Fsp3) is 0.441. The summed E-state index contributed by atoms with van der Waals surface area (Å²) in [7, 11) is -5.95. The van der Waals surface area contributed by atoms with Gasteiger partial charge in [0.05, 0.1) is 16.9 Å². The van der Waals surface area contributed by atoms with E-state index in [1.807, 2.05) is 72.5 Å². The third-order valence-corrected chi connectivity index (χ3v) is 15.8. The average molecular weight is 605 g/mol. The second-order valence-electron chi connectivity index (χ2n) is 13.4. The molecule has 0 radical (unpaired) electrons. The van der Waals surface area contributed by atoms with Gasteiger partial charge in [-0.15, -0.1) is 0 Å². The Hall–Kier alpha value is -2.78. The number of carbonyl (C=O) groups is 1. The molecule has 8 heteroatoms. The molecule has 5 rings (SSSR count). The van der Waals surface area contributed by atoms with Crippen LogP contribution in [0.1, 0.15) is 56.2 Å². The Morgan fingerprint density at radius 3 is 2.02 bits per heavy atom. The molecule has 1 unspecified atom stereocenters. The summed E-state index contributed by atoms with van der Waals surface area (Å²) >= 11 is 0. The number of hydrogen-bond acceptors (Lipinski definition) is 4. The lowest BCUT2D eigenvalue weighted by atomic mass is 9.92. The number of hydrogen-bond donors (Lipinski definition) is 0. The molecule has 2 heterocycles. The lowest BCUT2D eigenvalue weighted by Gasteiger charge is -2.41. The Kier molecular flexibility index (Phi) is 8.55. The molecule has 0 saturated carbocycles. The first kappa shape index (κ1) is 30.7. The molecule has 0 spiro atoms. The normalized spacial score (nSPS) is 25.2. The van der Waals surface area contributed by atoms with Crippen molar-refractivity contribution < 1.29 is 17.6 Å². The standard InChI is InChI=1S/C34H44N2O4SSi/c1-25-17-19-29(20-18-25)41(38,39)36-31-21-28(40-42(5,6)34(2,3)4)24-35(23-26-13-9-7-10-14-26)33(37)30(22-32(31)36)27-15-11-8-12-16-27/h7-20,28,30-32H,21-24H2,1-6H3/t28-,30+,31-,32-,36?/m1/s1. The SMILES string of the molecule is Cc1ccc(S(=O)(=O)N2[C@@H]3C[C@@H](O[Si](C)(C)C(C)(C)C)CN(Cc4ccccc4)C(=O)[C@H](c4ccccc4)C[C@H]32)cc1. The summed E-state index contributed by atoms with van der Waals surface area (Å²) < 4.78 is 36.6. The zero-order valence-electron chi connectivity index (χ0n) is 25.7. The molecule has 2 aliphatic heterocycles. The van der Waals surface area contributed by atoms with Crippen molar-refractivity contribution in [1.29, 1.82) is 0 Å². The highest BCUT2D eigenvalue weighted by Crippen LogP contribution is 2.46. The van der Waals surface area contributed by atoms with Crippen molar-refractivity contribution in [2.45, 2.75) is 94.2 Å². The van der Waals surface area contributed by atoms with Crippen LogP contribution in [0.5, 0.6) is 0 Å². The van der Waals surface area contributed by atoms with E-state index in [1.165, 1.54) is 0 Å². The summed E-state index contributed by atoms with van der Waals surface area (Å²) in [6.07, 6.45) is 0.720. The Bertz CT molecular complexity index is 1490. The first-order chi connectivity index (χ1) is 19.8. The maximum Gasteiger partial charge on any atom is 0.243 e. The molecule has 0 bridgehead atoms. The summed E-state index contributed by atoms with van der Waals surface area (Å²) in [6, 6.07) is 26.5. The fourth-order valence-electron chi connectivity index (χ4n) is 5.85. The van der Waals surface area contributed by atoms with Crippen molar-refractivity contribution >= 4 is 24.2 Å². The first-order valence-electron chi connectivity index (χ1n) is 14.9. The van der Waals surface area contributed by atoms with Crippen LogP contribution in [-0.4, -0.2) is 56.6 Å². The van der Waals surface area contributed by atoms with Gasteiger partial charge in [-0.3, -0.25) is 4.79 Å². The van der Waals surface area contributed by atoms with Crippen molar-refractivity contribution in [1.82, 2.24) is 9.21 Å². The van der Waals surface area contributed by atoms with Crippen molar-refractivity contribution in [2.24, 2.45) is 0 Å². The molecular formula is C34H44N2O4SSi. The van der Waals surface area contributed by atoms with E-state index in [2.05, 4.69) is 46.0 Å². The third kappa shape index (κ3) is 6.42. The lowest BCUT2D eigenvalue weighted by molar-refractivity contribution is -0.135. The summed E-state index contributed by atoms with van der Waals surface area (Å²) in [4.78, 5) is 16.8. The van der Waals surface area contributed by atoms with E-state index in [-0.39, 0.29) is 29.1 Å². The van der Waals surface area contributed by atoms with Crippen molar-refractivity contribution in [2.75, 3.05) is 6.54 Å². The number of aryl methyl sites for hydroxylation is 1. The van der Waals surface area contributed by atoms with Gasteiger partial charge in [-0.2, -0.15) is 4.31 Å². The van der Waals surface area contributed by atoms with Gasteiger partial charge in [0.15, 0.2) is 8.32 Å². The van der Waals surface area contributed by atoms with Gasteiger partial charge in [0.25, 0.3) is 0 Å². The van der Waals surface area contributed by atoms with Crippen LogP contribution in [0.2, 0.25) is 18.1 Å². The van der Waals surface area contributed by atoms with Crippen LogP contribution in [0.3, 0.4) is 0 Å². The van der Waals surface area contributed by atoms with E-state index in [1.54, 1.807) is 16.4 Å². The van der Waals surface area contributed by atoms with Crippen molar-refractivity contribution in [3.63, 3.8) is 0 Å². The van der Waals surface area contributed by atoms with Gasteiger partial charge in [0.2, 0.25) is 15.9 Å². The van der Waals surface area contributed by atoms with Crippen LogP contribution < -0.4 is 0 Å². The number of sulfonamides is 1. The zero-order valence-corrected chi connectivity index (χ0v) is 27.5. The number of rotatable bonds is 7. The number of nitrogens with zero attached hydrogens (tertiary/aromatic N) is 2. The summed E-state index contributed by atoms with van der Waals surface area (Å²) in [6.45, 7) is 13.9. The Labute approximate surface area is 252 Å². The summed E-state index contributed by atoms with van der Waals surface area (Å²) in [5.74, 6) is -0.429. The average Bonchev–Trinajstić information content (AvgIpc) is 3.62. The van der Waals surface area contributed by atoms with E-state index in [4.69, 9.17) is 4.43 Å². The van der Waals surface area contributed by atoms with Gasteiger partial charge in [-0.1, -0.05) is 99.1 Å². The summed E-state index contributed by atoms with van der Waals surface area (Å²) in [5.41, 5.74) is 3.00. The monoisotopic (exact) mass is 604 g/mol. The van der Waals surface area contributed by atoms with E-state index >= 15 is 0 Å². The van der Waals surface area contributed by atoms with Crippen LogP contribution in [-0.2, 0) is 25.8 Å². The van der Waals surface area contributed by atoms with Crippen LogP contribution in [0.4, 0.5) is 0 Å². The third-order valence-electron chi connectivity index (χ3n) is 9.31. The van der Waals surface area contributed by atoms with E-state index in [0.29, 0.717) is 30.8 Å². The highest BCUT2D eigenvalue weighted by Gasteiger charge is 2.58. The smallest absolute Gasteiger partial charge is 0.243 e. The second-order valence-corrected chi connectivity index (χ2v) is 20.0. The molecule has 6 nitrogen and oxygen atoms in total. The van der Waals surface area contributed by atoms with Gasteiger partial charge < -0.3 is 9.33 Å². The fourth-order valence-corrected chi connectivity index (χ4v) is 9.04. The highest BCUT2D eigenvalue weighted by atomic mass is 32.2. The largest absolute Gasteiger partial charge is 0.412 e. The number of benzene rings is 3. The lowest BCUT2D eigenvalue weighted by Crippen LogP contribution is -2.48. The topological polar surface area (TPSA) is 66.7 Å². The van der Waals surface area contributed by atoms with Crippen LogP contribution in [0.15, 0.2) is 89.8 Å². The second kappa shape index (κ2) is 11.7. The highest BCUT2D eigenvalue weighted by molar-refractivity contribution is 7.89. The van der Waals surface area contributed by atoms with E-state index < -0.39 is 24.3 Å². The maximum atomic E-state index is 14.5.